The van der Waals surface area contributed by atoms with Crippen molar-refractivity contribution in [3.05, 3.63) is 39.6 Å². The van der Waals surface area contributed by atoms with Crippen LogP contribution >= 0.6 is 11.3 Å². The standard InChI is InChI=1S/C17H21N3O4S2/c1-11-4-5-14(8-18-11)24-9-15-19-12(2)16(25-15)17(21)20(3)13-6-7-26(22,23)10-13/h4-5,8,13H,6-7,9-10H2,1-3H3. The number of sulfone groups is 1. The second-order valence-corrected chi connectivity index (χ2v) is 9.73. The molecule has 0 radical (unpaired) electrons. The van der Waals surface area contributed by atoms with E-state index in [2.05, 4.69) is 9.97 Å². The monoisotopic (exact) mass is 395 g/mol. The number of hydrogen-bond acceptors (Lipinski definition) is 7. The van der Waals surface area contributed by atoms with Crippen molar-refractivity contribution in [3.63, 3.8) is 0 Å². The van der Waals surface area contributed by atoms with Crippen LogP contribution in [0.15, 0.2) is 18.3 Å². The highest BCUT2D eigenvalue weighted by Crippen LogP contribution is 2.24. The van der Waals surface area contributed by atoms with Crippen molar-refractivity contribution in [2.24, 2.45) is 0 Å². The Morgan fingerprint density at radius 2 is 2.15 bits per heavy atom. The lowest BCUT2D eigenvalue weighted by molar-refractivity contribution is 0.0751. The lowest BCUT2D eigenvalue weighted by Gasteiger charge is -2.22. The molecule has 7 nitrogen and oxygen atoms in total. The summed E-state index contributed by atoms with van der Waals surface area (Å²) in [7, 11) is -1.38. The molecule has 0 bridgehead atoms. The van der Waals surface area contributed by atoms with E-state index in [-0.39, 0.29) is 30.1 Å². The molecule has 2 aromatic heterocycles. The molecule has 0 aromatic carbocycles. The maximum atomic E-state index is 12.7. The number of pyridine rings is 1. The summed E-state index contributed by atoms with van der Waals surface area (Å²) in [6, 6.07) is 3.43. The third kappa shape index (κ3) is 4.21. The van der Waals surface area contributed by atoms with Crippen LogP contribution in [-0.2, 0) is 16.4 Å². The molecule has 1 amide bonds. The van der Waals surface area contributed by atoms with E-state index in [1.807, 2.05) is 19.1 Å². The molecule has 1 unspecified atom stereocenters. The molecular weight excluding hydrogens is 374 g/mol. The van der Waals surface area contributed by atoms with Crippen LogP contribution in [0.3, 0.4) is 0 Å². The second kappa shape index (κ2) is 7.32. The SMILES string of the molecule is Cc1ccc(OCc2nc(C)c(C(=O)N(C)C3CCS(=O)(=O)C3)s2)cn1. The average Bonchev–Trinajstić information content (AvgIpc) is 3.15. The first-order valence-electron chi connectivity index (χ1n) is 8.24. The van der Waals surface area contributed by atoms with Crippen molar-refractivity contribution in [2.45, 2.75) is 32.9 Å². The lowest BCUT2D eigenvalue weighted by atomic mass is 10.2. The summed E-state index contributed by atoms with van der Waals surface area (Å²) in [4.78, 5) is 23.4. The minimum absolute atomic E-state index is 0.0312. The Kier molecular flexibility index (Phi) is 5.29. The fraction of sp³-hybridized carbons (Fsp3) is 0.471. The summed E-state index contributed by atoms with van der Waals surface area (Å²) in [5.41, 5.74) is 1.54. The van der Waals surface area contributed by atoms with E-state index in [0.29, 0.717) is 27.7 Å². The van der Waals surface area contributed by atoms with E-state index in [1.54, 1.807) is 20.2 Å². The molecule has 2 aromatic rings. The maximum absolute atomic E-state index is 12.7. The molecule has 26 heavy (non-hydrogen) atoms. The first-order chi connectivity index (χ1) is 12.2. The van der Waals surface area contributed by atoms with Crippen LogP contribution in [0.4, 0.5) is 0 Å². The van der Waals surface area contributed by atoms with Gasteiger partial charge in [0.05, 0.1) is 23.4 Å². The van der Waals surface area contributed by atoms with Gasteiger partial charge in [0.25, 0.3) is 5.91 Å². The summed E-state index contributed by atoms with van der Waals surface area (Å²) in [5, 5.41) is 0.693. The van der Waals surface area contributed by atoms with Crippen molar-refractivity contribution in [1.29, 1.82) is 0 Å². The fourth-order valence-corrected chi connectivity index (χ4v) is 5.54. The molecule has 1 atom stereocenters. The Hall–Kier alpha value is -2.00. The highest BCUT2D eigenvalue weighted by molar-refractivity contribution is 7.91. The second-order valence-electron chi connectivity index (χ2n) is 6.42. The predicted octanol–water partition coefficient (Wildman–Crippen LogP) is 1.99. The molecule has 3 rings (SSSR count). The number of aromatic nitrogens is 2. The van der Waals surface area contributed by atoms with Crippen molar-refractivity contribution in [3.8, 4) is 5.75 Å². The Balaban J connectivity index is 1.67. The number of amides is 1. The van der Waals surface area contributed by atoms with Gasteiger partial charge in [0.2, 0.25) is 0 Å². The lowest BCUT2D eigenvalue weighted by Crippen LogP contribution is -2.37. The number of carbonyl (C=O) groups excluding carboxylic acids is 1. The zero-order valence-corrected chi connectivity index (χ0v) is 16.6. The van der Waals surface area contributed by atoms with Crippen molar-refractivity contribution >= 4 is 27.1 Å². The quantitative estimate of drug-likeness (QED) is 0.769. The van der Waals surface area contributed by atoms with Gasteiger partial charge in [-0.1, -0.05) is 0 Å². The smallest absolute Gasteiger partial charge is 0.265 e. The molecule has 0 aliphatic carbocycles. The molecule has 3 heterocycles. The van der Waals surface area contributed by atoms with Gasteiger partial charge in [-0.15, -0.1) is 11.3 Å². The topological polar surface area (TPSA) is 89.5 Å². The first kappa shape index (κ1) is 18.8. The van der Waals surface area contributed by atoms with Gasteiger partial charge in [0.15, 0.2) is 9.84 Å². The maximum Gasteiger partial charge on any atom is 0.265 e. The van der Waals surface area contributed by atoms with Crippen LogP contribution in [-0.4, -0.2) is 53.8 Å². The Labute approximate surface area is 157 Å². The van der Waals surface area contributed by atoms with Gasteiger partial charge >= 0.3 is 0 Å². The molecule has 0 N–H and O–H groups in total. The van der Waals surface area contributed by atoms with Gasteiger partial charge < -0.3 is 9.64 Å². The van der Waals surface area contributed by atoms with Gasteiger partial charge in [-0.2, -0.15) is 0 Å². The summed E-state index contributed by atoms with van der Waals surface area (Å²) >= 11 is 1.28. The van der Waals surface area contributed by atoms with Crippen molar-refractivity contribution in [2.75, 3.05) is 18.6 Å². The van der Waals surface area contributed by atoms with Crippen molar-refractivity contribution < 1.29 is 17.9 Å². The van der Waals surface area contributed by atoms with Crippen LogP contribution in [0.1, 0.15) is 32.5 Å². The van der Waals surface area contributed by atoms with Gasteiger partial charge in [-0.3, -0.25) is 9.78 Å². The molecule has 0 saturated carbocycles. The molecule has 9 heteroatoms. The zero-order valence-electron chi connectivity index (χ0n) is 14.9. The number of nitrogens with zero attached hydrogens (tertiary/aromatic N) is 3. The Bertz CT molecular complexity index is 907. The summed E-state index contributed by atoms with van der Waals surface area (Å²) in [6.07, 6.45) is 2.13. The third-order valence-electron chi connectivity index (χ3n) is 4.36. The van der Waals surface area contributed by atoms with Gasteiger partial charge in [-0.05, 0) is 32.4 Å². The number of hydrogen-bond donors (Lipinski definition) is 0. The summed E-state index contributed by atoms with van der Waals surface area (Å²) in [5.74, 6) is 0.624. The van der Waals surface area contributed by atoms with Gasteiger partial charge in [-0.25, -0.2) is 13.4 Å². The number of rotatable bonds is 5. The number of thiazole rings is 1. The van der Waals surface area contributed by atoms with Crippen LogP contribution in [0.2, 0.25) is 0 Å². The van der Waals surface area contributed by atoms with E-state index in [0.717, 1.165) is 5.69 Å². The number of aryl methyl sites for hydroxylation is 2. The van der Waals surface area contributed by atoms with E-state index in [4.69, 9.17) is 4.74 Å². The van der Waals surface area contributed by atoms with Crippen LogP contribution in [0.25, 0.3) is 0 Å². The molecule has 1 aliphatic heterocycles. The van der Waals surface area contributed by atoms with Crippen molar-refractivity contribution in [1.82, 2.24) is 14.9 Å². The van der Waals surface area contributed by atoms with E-state index < -0.39 is 9.84 Å². The minimum atomic E-state index is -3.04. The number of carbonyl (C=O) groups is 1. The highest BCUT2D eigenvalue weighted by atomic mass is 32.2. The summed E-state index contributed by atoms with van der Waals surface area (Å²) in [6.45, 7) is 3.93. The van der Waals surface area contributed by atoms with E-state index in [1.165, 1.54) is 16.2 Å². The van der Waals surface area contributed by atoms with E-state index in [9.17, 15) is 13.2 Å². The molecule has 140 valence electrons. The molecule has 1 aliphatic rings. The van der Waals surface area contributed by atoms with Gasteiger partial charge in [0.1, 0.15) is 22.2 Å². The average molecular weight is 396 g/mol. The van der Waals surface area contributed by atoms with Crippen LogP contribution in [0.5, 0.6) is 5.75 Å². The largest absolute Gasteiger partial charge is 0.485 e. The normalized spacial score (nSPS) is 18.7. The van der Waals surface area contributed by atoms with Crippen LogP contribution < -0.4 is 4.74 Å². The molecule has 1 saturated heterocycles. The number of ether oxygens (including phenoxy) is 1. The molecule has 0 spiro atoms. The highest BCUT2D eigenvalue weighted by Gasteiger charge is 2.34. The third-order valence-corrected chi connectivity index (χ3v) is 7.23. The fourth-order valence-electron chi connectivity index (χ4n) is 2.80. The van der Waals surface area contributed by atoms with Crippen LogP contribution in [0, 0.1) is 13.8 Å². The molecular formula is C17H21N3O4S2. The minimum Gasteiger partial charge on any atom is -0.485 e. The first-order valence-corrected chi connectivity index (χ1v) is 10.9. The van der Waals surface area contributed by atoms with Gasteiger partial charge in [0, 0.05) is 18.8 Å². The molecule has 1 fully saturated rings. The van der Waals surface area contributed by atoms with E-state index >= 15 is 0 Å². The Morgan fingerprint density at radius 1 is 1.38 bits per heavy atom. The zero-order chi connectivity index (χ0) is 18.9. The predicted molar refractivity (Wildman–Crippen MR) is 99.3 cm³/mol. The summed E-state index contributed by atoms with van der Waals surface area (Å²) < 4.78 is 29.0. The Morgan fingerprint density at radius 3 is 2.77 bits per heavy atom.